The third-order valence-electron chi connectivity index (χ3n) is 3.63. The second-order valence-corrected chi connectivity index (χ2v) is 5.11. The van der Waals surface area contributed by atoms with E-state index in [0.29, 0.717) is 17.4 Å². The largest absolute Gasteiger partial charge is 0.373 e. The molecule has 2 N–H and O–H groups in total. The van der Waals surface area contributed by atoms with Gasteiger partial charge in [0.2, 0.25) is 0 Å². The van der Waals surface area contributed by atoms with Gasteiger partial charge in [-0.3, -0.25) is 4.79 Å². The van der Waals surface area contributed by atoms with Gasteiger partial charge in [0.15, 0.2) is 0 Å². The Kier molecular flexibility index (Phi) is 4.74. The Morgan fingerprint density at radius 1 is 1.42 bits per heavy atom. The molecule has 1 aromatic rings. The first-order chi connectivity index (χ1) is 9.19. The van der Waals surface area contributed by atoms with Gasteiger partial charge in [-0.2, -0.15) is 0 Å². The molecule has 5 nitrogen and oxygen atoms in total. The van der Waals surface area contributed by atoms with E-state index in [1.165, 1.54) is 0 Å². The smallest absolute Gasteiger partial charge is 0.269 e. The lowest BCUT2D eigenvalue weighted by Gasteiger charge is -2.28. The lowest BCUT2D eigenvalue weighted by atomic mass is 9.97. The molecule has 0 saturated carbocycles. The van der Waals surface area contributed by atoms with E-state index >= 15 is 0 Å². The molecule has 1 amide bonds. The quantitative estimate of drug-likeness (QED) is 0.856. The zero-order valence-electron chi connectivity index (χ0n) is 11.6. The summed E-state index contributed by atoms with van der Waals surface area (Å²) in [6.07, 6.45) is 2.31. The van der Waals surface area contributed by atoms with Gasteiger partial charge in [0.1, 0.15) is 11.5 Å². The summed E-state index contributed by atoms with van der Waals surface area (Å²) in [7, 11) is 3.94. The molecule has 0 radical (unpaired) electrons. The van der Waals surface area contributed by atoms with Gasteiger partial charge >= 0.3 is 0 Å². The molecule has 1 fully saturated rings. The van der Waals surface area contributed by atoms with Gasteiger partial charge in [0.25, 0.3) is 5.91 Å². The Bertz CT molecular complexity index is 427. The number of carbonyl (C=O) groups excluding carboxylic acids is 1. The van der Waals surface area contributed by atoms with Gasteiger partial charge in [0, 0.05) is 13.6 Å². The van der Waals surface area contributed by atoms with E-state index < -0.39 is 0 Å². The number of pyridine rings is 1. The number of hydrogen-bond donors (Lipinski definition) is 2. The first kappa shape index (κ1) is 13.8. The Balaban J connectivity index is 1.83. The molecule has 1 aliphatic heterocycles. The molecule has 1 saturated heterocycles. The van der Waals surface area contributed by atoms with Crippen LogP contribution in [-0.4, -0.2) is 49.5 Å². The van der Waals surface area contributed by atoms with Crippen LogP contribution in [0.25, 0.3) is 0 Å². The summed E-state index contributed by atoms with van der Waals surface area (Å²) in [5.41, 5.74) is 0.472. The lowest BCUT2D eigenvalue weighted by molar-refractivity contribution is 0.0934. The second-order valence-electron chi connectivity index (χ2n) is 5.11. The van der Waals surface area contributed by atoms with Gasteiger partial charge in [-0.1, -0.05) is 6.07 Å². The monoisotopic (exact) mass is 262 g/mol. The molecule has 0 unspecified atom stereocenters. The minimum Gasteiger partial charge on any atom is -0.373 e. The second kappa shape index (κ2) is 6.52. The molecule has 19 heavy (non-hydrogen) atoms. The van der Waals surface area contributed by atoms with Crippen LogP contribution in [0, 0.1) is 5.92 Å². The van der Waals surface area contributed by atoms with Crippen LogP contribution < -0.4 is 10.6 Å². The van der Waals surface area contributed by atoms with Crippen LogP contribution in [-0.2, 0) is 0 Å². The highest BCUT2D eigenvalue weighted by molar-refractivity contribution is 5.92. The maximum atomic E-state index is 12.0. The van der Waals surface area contributed by atoms with E-state index in [0.717, 1.165) is 32.5 Å². The van der Waals surface area contributed by atoms with E-state index in [2.05, 4.69) is 27.6 Å². The molecule has 1 aromatic heterocycles. The average Bonchev–Trinajstić information content (AvgIpc) is 2.46. The van der Waals surface area contributed by atoms with Crippen molar-refractivity contribution >= 4 is 11.7 Å². The first-order valence-corrected chi connectivity index (χ1v) is 6.80. The highest BCUT2D eigenvalue weighted by Crippen LogP contribution is 2.14. The number of aromatic nitrogens is 1. The number of anilines is 1. The summed E-state index contributed by atoms with van der Waals surface area (Å²) >= 11 is 0. The first-order valence-electron chi connectivity index (χ1n) is 6.80. The Morgan fingerprint density at radius 3 is 2.84 bits per heavy atom. The van der Waals surface area contributed by atoms with Crippen LogP contribution in [0.15, 0.2) is 18.2 Å². The van der Waals surface area contributed by atoms with Gasteiger partial charge in [-0.05, 0) is 51.0 Å². The molecule has 0 aliphatic carbocycles. The van der Waals surface area contributed by atoms with Gasteiger partial charge in [-0.15, -0.1) is 0 Å². The fourth-order valence-electron chi connectivity index (χ4n) is 2.29. The molecule has 0 atom stereocenters. The molecular weight excluding hydrogens is 240 g/mol. The van der Waals surface area contributed by atoms with Crippen molar-refractivity contribution in [3.05, 3.63) is 23.9 Å². The number of nitrogens with zero attached hydrogens (tertiary/aromatic N) is 2. The number of amides is 1. The van der Waals surface area contributed by atoms with Crippen molar-refractivity contribution in [1.29, 1.82) is 0 Å². The summed E-state index contributed by atoms with van der Waals surface area (Å²) in [5, 5.41) is 5.92. The third kappa shape index (κ3) is 3.92. The lowest BCUT2D eigenvalue weighted by Crippen LogP contribution is -2.37. The fourth-order valence-corrected chi connectivity index (χ4v) is 2.29. The normalized spacial score (nSPS) is 17.2. The van der Waals surface area contributed by atoms with Gasteiger partial charge in [0.05, 0.1) is 0 Å². The van der Waals surface area contributed by atoms with Crippen LogP contribution in [0.1, 0.15) is 23.3 Å². The van der Waals surface area contributed by atoms with Crippen molar-refractivity contribution in [2.45, 2.75) is 12.8 Å². The Hall–Kier alpha value is -1.62. The summed E-state index contributed by atoms with van der Waals surface area (Å²) in [6.45, 7) is 2.99. The van der Waals surface area contributed by atoms with Gasteiger partial charge in [-0.25, -0.2) is 4.98 Å². The van der Waals surface area contributed by atoms with Crippen molar-refractivity contribution in [2.24, 2.45) is 5.92 Å². The Labute approximate surface area is 114 Å². The highest BCUT2D eigenvalue weighted by atomic mass is 16.1. The van der Waals surface area contributed by atoms with Crippen molar-refractivity contribution in [3.8, 4) is 0 Å². The van der Waals surface area contributed by atoms with E-state index in [1.807, 2.05) is 12.1 Å². The summed E-state index contributed by atoms with van der Waals surface area (Å²) in [4.78, 5) is 18.6. The summed E-state index contributed by atoms with van der Waals surface area (Å²) in [5.74, 6) is 1.22. The van der Waals surface area contributed by atoms with Crippen LogP contribution >= 0.6 is 0 Å². The molecule has 0 bridgehead atoms. The summed E-state index contributed by atoms with van der Waals surface area (Å²) < 4.78 is 0. The maximum absolute atomic E-state index is 12.0. The zero-order valence-corrected chi connectivity index (χ0v) is 11.6. The van der Waals surface area contributed by atoms with E-state index in [1.54, 1.807) is 13.1 Å². The van der Waals surface area contributed by atoms with E-state index in [9.17, 15) is 4.79 Å². The molecule has 0 spiro atoms. The van der Waals surface area contributed by atoms with E-state index in [4.69, 9.17) is 0 Å². The van der Waals surface area contributed by atoms with Crippen molar-refractivity contribution < 1.29 is 4.79 Å². The molecule has 104 valence electrons. The topological polar surface area (TPSA) is 57.3 Å². The van der Waals surface area contributed by atoms with Crippen molar-refractivity contribution in [1.82, 2.24) is 15.2 Å². The highest BCUT2D eigenvalue weighted by Gasteiger charge is 2.17. The fraction of sp³-hybridized carbons (Fsp3) is 0.571. The number of rotatable bonds is 4. The number of hydrogen-bond acceptors (Lipinski definition) is 4. The number of likely N-dealkylation sites (tertiary alicyclic amines) is 1. The maximum Gasteiger partial charge on any atom is 0.269 e. The van der Waals surface area contributed by atoms with E-state index in [-0.39, 0.29) is 5.91 Å². The molecule has 0 aromatic carbocycles. The predicted molar refractivity (Wildman–Crippen MR) is 76.3 cm³/mol. The summed E-state index contributed by atoms with van der Waals surface area (Å²) in [6, 6.07) is 5.42. The Morgan fingerprint density at radius 2 is 2.16 bits per heavy atom. The zero-order chi connectivity index (χ0) is 13.7. The van der Waals surface area contributed by atoms with Crippen LogP contribution in [0.2, 0.25) is 0 Å². The van der Waals surface area contributed by atoms with Crippen LogP contribution in [0.4, 0.5) is 5.82 Å². The van der Waals surface area contributed by atoms with Crippen LogP contribution in [0.5, 0.6) is 0 Å². The van der Waals surface area contributed by atoms with Crippen LogP contribution in [0.3, 0.4) is 0 Å². The SMILES string of the molecule is CNc1cccc(C(=O)NCC2CCN(C)CC2)n1. The molecule has 2 rings (SSSR count). The number of piperidine rings is 1. The van der Waals surface area contributed by atoms with Gasteiger partial charge < -0.3 is 15.5 Å². The minimum absolute atomic E-state index is 0.0870. The molecule has 5 heteroatoms. The average molecular weight is 262 g/mol. The van der Waals surface area contributed by atoms with Crippen molar-refractivity contribution in [2.75, 3.05) is 39.0 Å². The van der Waals surface area contributed by atoms with Crippen molar-refractivity contribution in [3.63, 3.8) is 0 Å². The predicted octanol–water partition coefficient (Wildman–Crippen LogP) is 1.19. The number of nitrogens with one attached hydrogen (secondary N) is 2. The number of carbonyl (C=O) groups is 1. The molecular formula is C14H22N4O. The minimum atomic E-state index is -0.0870. The standard InChI is InChI=1S/C14H22N4O/c1-15-13-5-3-4-12(17-13)14(19)16-10-11-6-8-18(2)9-7-11/h3-5,11H,6-10H2,1-2H3,(H,15,17)(H,16,19). The molecule has 1 aliphatic rings. The third-order valence-corrected chi connectivity index (χ3v) is 3.63. The molecule has 2 heterocycles.